The molecular formula is C48H84O4. The fourth-order valence-electron chi connectivity index (χ4n) is 6.51. The van der Waals surface area contributed by atoms with Crippen molar-refractivity contribution in [1.82, 2.24) is 0 Å². The van der Waals surface area contributed by atoms with Crippen molar-refractivity contribution in [3.8, 4) is 0 Å². The average molecular weight is 725 g/mol. The van der Waals surface area contributed by atoms with E-state index in [4.69, 9.17) is 9.84 Å². The molecule has 0 aromatic heterocycles. The number of allylic oxidation sites excluding steroid dienone is 10. The molecule has 0 radical (unpaired) electrons. The lowest BCUT2D eigenvalue weighted by Crippen LogP contribution is -2.18. The van der Waals surface area contributed by atoms with Gasteiger partial charge in [0.2, 0.25) is 0 Å². The van der Waals surface area contributed by atoms with Gasteiger partial charge in [-0.1, -0.05) is 190 Å². The van der Waals surface area contributed by atoms with Crippen LogP contribution in [0.25, 0.3) is 0 Å². The number of ether oxygens (including phenoxy) is 1. The molecule has 0 rings (SSSR count). The number of hydrogen-bond acceptors (Lipinski definition) is 3. The molecule has 4 nitrogen and oxygen atoms in total. The Labute approximate surface area is 323 Å². The van der Waals surface area contributed by atoms with Gasteiger partial charge >= 0.3 is 11.9 Å². The zero-order valence-electron chi connectivity index (χ0n) is 34.4. The molecule has 0 spiro atoms. The highest BCUT2D eigenvalue weighted by Gasteiger charge is 2.14. The number of esters is 1. The summed E-state index contributed by atoms with van der Waals surface area (Å²) in [5, 5.41) is 8.68. The molecule has 0 aliphatic carbocycles. The highest BCUT2D eigenvalue weighted by atomic mass is 16.5. The van der Waals surface area contributed by atoms with Gasteiger partial charge in [-0.15, -0.1) is 0 Å². The van der Waals surface area contributed by atoms with Crippen LogP contribution in [0.15, 0.2) is 60.8 Å². The summed E-state index contributed by atoms with van der Waals surface area (Å²) in [5.41, 5.74) is 0. The first-order valence-corrected chi connectivity index (χ1v) is 22.3. The van der Waals surface area contributed by atoms with Crippen LogP contribution in [0.1, 0.15) is 226 Å². The van der Waals surface area contributed by atoms with Crippen molar-refractivity contribution < 1.29 is 19.4 Å². The molecule has 0 aliphatic heterocycles. The molecule has 300 valence electrons. The fraction of sp³-hybridized carbons (Fsp3) is 0.750. The lowest BCUT2D eigenvalue weighted by atomic mass is 10.0. The van der Waals surface area contributed by atoms with Crippen molar-refractivity contribution in [3.63, 3.8) is 0 Å². The molecule has 0 aromatic carbocycles. The van der Waals surface area contributed by atoms with Gasteiger partial charge in [0.1, 0.15) is 6.10 Å². The van der Waals surface area contributed by atoms with E-state index in [1.54, 1.807) is 0 Å². The Hall–Kier alpha value is -2.36. The number of unbranched alkanes of at least 4 members (excludes halogenated alkanes) is 21. The van der Waals surface area contributed by atoms with E-state index >= 15 is 0 Å². The summed E-state index contributed by atoms with van der Waals surface area (Å²) in [6.45, 7) is 4.40. The summed E-state index contributed by atoms with van der Waals surface area (Å²) < 4.78 is 5.99. The highest BCUT2D eigenvalue weighted by molar-refractivity contribution is 5.69. The van der Waals surface area contributed by atoms with Crippen molar-refractivity contribution in [2.24, 2.45) is 0 Å². The predicted octanol–water partition coefficient (Wildman–Crippen LogP) is 15.7. The molecule has 52 heavy (non-hydrogen) atoms. The molecule has 1 atom stereocenters. The summed E-state index contributed by atoms with van der Waals surface area (Å²) in [7, 11) is 0. The predicted molar refractivity (Wildman–Crippen MR) is 227 cm³/mol. The van der Waals surface area contributed by atoms with Gasteiger partial charge in [0.25, 0.3) is 0 Å². The minimum Gasteiger partial charge on any atom is -0.481 e. The molecule has 0 amide bonds. The van der Waals surface area contributed by atoms with E-state index < -0.39 is 5.97 Å². The van der Waals surface area contributed by atoms with Crippen molar-refractivity contribution in [1.29, 1.82) is 0 Å². The molecule has 0 fully saturated rings. The first-order chi connectivity index (χ1) is 25.6. The molecule has 0 aliphatic rings. The molecule has 0 saturated heterocycles. The van der Waals surface area contributed by atoms with Crippen molar-refractivity contribution in [2.45, 2.75) is 232 Å². The van der Waals surface area contributed by atoms with Crippen molar-refractivity contribution >= 4 is 11.9 Å². The molecule has 0 aromatic rings. The van der Waals surface area contributed by atoms with E-state index in [9.17, 15) is 9.59 Å². The summed E-state index contributed by atoms with van der Waals surface area (Å²) >= 11 is 0. The maximum Gasteiger partial charge on any atom is 0.306 e. The van der Waals surface area contributed by atoms with Gasteiger partial charge in [0.15, 0.2) is 0 Å². The standard InChI is InChI=1S/C48H84O4/c1-3-5-7-8-9-10-11-12-13-14-15-16-17-18-22-25-28-31-34-37-41-45-48(51)52-46(42-38-6-4-2)43-39-35-32-29-26-23-20-19-21-24-27-30-33-36-40-44-47(49)50/h5,7,9-10,12-13,15-16,18,22,46H,3-4,6,8,11,14,17,19-21,23-45H2,1-2H3,(H,49,50)/b7-5-,10-9-,13-12-,16-15-,22-18-. The van der Waals surface area contributed by atoms with E-state index in [1.807, 2.05) is 0 Å². The van der Waals surface area contributed by atoms with Gasteiger partial charge in [-0.05, 0) is 83.5 Å². The van der Waals surface area contributed by atoms with Crippen LogP contribution in [0.3, 0.4) is 0 Å². The van der Waals surface area contributed by atoms with E-state index in [1.165, 1.54) is 122 Å². The molecular weight excluding hydrogens is 641 g/mol. The number of carbonyl (C=O) groups is 2. The van der Waals surface area contributed by atoms with E-state index in [0.29, 0.717) is 12.8 Å². The maximum atomic E-state index is 12.6. The summed E-state index contributed by atoms with van der Waals surface area (Å²) in [6, 6.07) is 0. The normalized spacial score (nSPS) is 12.8. The van der Waals surface area contributed by atoms with Crippen LogP contribution in [0.5, 0.6) is 0 Å². The Kier molecular flexibility index (Phi) is 41.1. The van der Waals surface area contributed by atoms with Gasteiger partial charge < -0.3 is 9.84 Å². The number of carboxylic acids is 1. The first kappa shape index (κ1) is 49.6. The molecule has 1 N–H and O–H groups in total. The third-order valence-electron chi connectivity index (χ3n) is 9.75. The fourth-order valence-corrected chi connectivity index (χ4v) is 6.51. The monoisotopic (exact) mass is 725 g/mol. The van der Waals surface area contributed by atoms with E-state index in [2.05, 4.69) is 74.6 Å². The zero-order chi connectivity index (χ0) is 37.8. The molecule has 0 saturated carbocycles. The van der Waals surface area contributed by atoms with Crippen LogP contribution in [-0.2, 0) is 14.3 Å². The number of aliphatic carboxylic acids is 1. The van der Waals surface area contributed by atoms with Crippen LogP contribution in [-0.4, -0.2) is 23.1 Å². The zero-order valence-corrected chi connectivity index (χ0v) is 34.4. The molecule has 4 heteroatoms. The van der Waals surface area contributed by atoms with Crippen LogP contribution < -0.4 is 0 Å². The number of rotatable bonds is 40. The van der Waals surface area contributed by atoms with Crippen LogP contribution in [0.2, 0.25) is 0 Å². The smallest absolute Gasteiger partial charge is 0.306 e. The SMILES string of the molecule is CC/C=C\C/C=C\C/C=C\C/C=C\C/C=C\CCCCCCCC(=O)OC(CCCCC)CCCCCCCCCCCCCCCCCC(=O)O. The Morgan fingerprint density at radius 3 is 1.25 bits per heavy atom. The van der Waals surface area contributed by atoms with Gasteiger partial charge in [-0.3, -0.25) is 9.59 Å². The van der Waals surface area contributed by atoms with Crippen molar-refractivity contribution in [2.75, 3.05) is 0 Å². The van der Waals surface area contributed by atoms with Gasteiger partial charge in [-0.25, -0.2) is 0 Å². The molecule has 0 bridgehead atoms. The Balaban J connectivity index is 3.75. The summed E-state index contributed by atoms with van der Waals surface area (Å²) in [4.78, 5) is 23.2. The van der Waals surface area contributed by atoms with Gasteiger partial charge in [0, 0.05) is 12.8 Å². The Morgan fingerprint density at radius 2 is 0.808 bits per heavy atom. The van der Waals surface area contributed by atoms with Crippen molar-refractivity contribution in [3.05, 3.63) is 60.8 Å². The van der Waals surface area contributed by atoms with E-state index in [0.717, 1.165) is 77.0 Å². The minimum absolute atomic E-state index is 0.0241. The van der Waals surface area contributed by atoms with E-state index in [-0.39, 0.29) is 12.1 Å². The maximum absolute atomic E-state index is 12.6. The van der Waals surface area contributed by atoms with Crippen LogP contribution in [0, 0.1) is 0 Å². The lowest BCUT2D eigenvalue weighted by molar-refractivity contribution is -0.150. The number of hydrogen-bond donors (Lipinski definition) is 1. The summed E-state index contributed by atoms with van der Waals surface area (Å²) in [6.07, 6.45) is 60.1. The number of carboxylic acid groups (broad SMARTS) is 1. The minimum atomic E-state index is -0.666. The highest BCUT2D eigenvalue weighted by Crippen LogP contribution is 2.18. The summed E-state index contributed by atoms with van der Waals surface area (Å²) in [5.74, 6) is -0.642. The topological polar surface area (TPSA) is 63.6 Å². The Morgan fingerprint density at radius 1 is 0.442 bits per heavy atom. The molecule has 1 unspecified atom stereocenters. The van der Waals surface area contributed by atoms with Gasteiger partial charge in [0.05, 0.1) is 0 Å². The third kappa shape index (κ3) is 42.1. The van der Waals surface area contributed by atoms with Gasteiger partial charge in [-0.2, -0.15) is 0 Å². The Bertz CT molecular complexity index is 911. The quantitative estimate of drug-likeness (QED) is 0.0388. The largest absolute Gasteiger partial charge is 0.481 e. The molecule has 0 heterocycles. The first-order valence-electron chi connectivity index (χ1n) is 22.3. The van der Waals surface area contributed by atoms with Crippen LogP contribution in [0.4, 0.5) is 0 Å². The average Bonchev–Trinajstić information content (AvgIpc) is 3.13. The second kappa shape index (κ2) is 43.0. The second-order valence-electron chi connectivity index (χ2n) is 14.9. The second-order valence-corrected chi connectivity index (χ2v) is 14.9. The third-order valence-corrected chi connectivity index (χ3v) is 9.75. The number of carbonyl (C=O) groups excluding carboxylic acids is 1. The van der Waals surface area contributed by atoms with Crippen LogP contribution >= 0.6 is 0 Å². The lowest BCUT2D eigenvalue weighted by Gasteiger charge is -2.18.